The van der Waals surface area contributed by atoms with Crippen LogP contribution in [-0.4, -0.2) is 55.7 Å². The lowest BCUT2D eigenvalue weighted by Crippen LogP contribution is -2.27. The Morgan fingerprint density at radius 1 is 1.29 bits per heavy atom. The summed E-state index contributed by atoms with van der Waals surface area (Å²) in [6.45, 7) is 6.15. The molecule has 162 valence electrons. The molecule has 0 unspecified atom stereocenters. The van der Waals surface area contributed by atoms with Crippen LogP contribution in [0.4, 0.5) is 0 Å². The van der Waals surface area contributed by atoms with Crippen molar-refractivity contribution in [2.24, 2.45) is 0 Å². The number of methoxy groups -OCH3 is 1. The minimum atomic E-state index is -0.0198. The number of rotatable bonds is 8. The van der Waals surface area contributed by atoms with E-state index in [2.05, 4.69) is 58.5 Å². The molecule has 0 bridgehead atoms. The maximum atomic E-state index is 12.9. The lowest BCUT2D eigenvalue weighted by atomic mass is 9.95. The third-order valence-electron chi connectivity index (χ3n) is 5.67. The van der Waals surface area contributed by atoms with Gasteiger partial charge in [0.05, 0.1) is 11.5 Å². The highest BCUT2D eigenvalue weighted by atomic mass is 32.1. The molecule has 3 aromatic rings. The molecule has 1 amide bonds. The fraction of sp³-hybridized carbons (Fsp3) is 0.360. The number of carbonyl (C=O) groups excluding carboxylic acids is 1. The number of ether oxygens (including phenoxy) is 1. The molecule has 1 N–H and O–H groups in total. The zero-order valence-corrected chi connectivity index (χ0v) is 19.0. The normalized spacial score (nSPS) is 17.4. The number of nitrogens with zero attached hydrogens (tertiary/aromatic N) is 2. The van der Waals surface area contributed by atoms with Gasteiger partial charge in [-0.25, -0.2) is 4.98 Å². The summed E-state index contributed by atoms with van der Waals surface area (Å²) in [5, 5.41) is 4.11. The fourth-order valence-corrected chi connectivity index (χ4v) is 5.46. The van der Waals surface area contributed by atoms with E-state index >= 15 is 0 Å². The molecule has 1 saturated heterocycles. The van der Waals surface area contributed by atoms with E-state index in [4.69, 9.17) is 4.74 Å². The van der Waals surface area contributed by atoms with Crippen LogP contribution >= 0.6 is 11.3 Å². The maximum absolute atomic E-state index is 12.9. The van der Waals surface area contributed by atoms with Crippen molar-refractivity contribution in [3.8, 4) is 0 Å². The van der Waals surface area contributed by atoms with Gasteiger partial charge in [-0.1, -0.05) is 48.0 Å². The van der Waals surface area contributed by atoms with Gasteiger partial charge in [0.15, 0.2) is 0 Å². The molecular weight excluding hydrogens is 406 g/mol. The summed E-state index contributed by atoms with van der Waals surface area (Å²) in [4.78, 5) is 21.7. The van der Waals surface area contributed by atoms with Crippen molar-refractivity contribution in [3.63, 3.8) is 0 Å². The third-order valence-corrected chi connectivity index (χ3v) is 6.80. The van der Waals surface area contributed by atoms with Gasteiger partial charge in [-0.3, -0.25) is 9.69 Å². The Balaban J connectivity index is 1.51. The topological polar surface area (TPSA) is 54.5 Å². The molecule has 0 aliphatic carbocycles. The van der Waals surface area contributed by atoms with Gasteiger partial charge in [-0.05, 0) is 37.1 Å². The van der Waals surface area contributed by atoms with Crippen molar-refractivity contribution >= 4 is 33.5 Å². The van der Waals surface area contributed by atoms with E-state index in [-0.39, 0.29) is 5.91 Å². The highest BCUT2D eigenvalue weighted by Crippen LogP contribution is 2.39. The molecular formula is C25H29N3O2S. The van der Waals surface area contributed by atoms with E-state index in [0.29, 0.717) is 19.1 Å². The van der Waals surface area contributed by atoms with Crippen LogP contribution in [-0.2, 0) is 4.74 Å². The van der Waals surface area contributed by atoms with Crippen molar-refractivity contribution in [1.29, 1.82) is 0 Å². The van der Waals surface area contributed by atoms with Gasteiger partial charge < -0.3 is 10.1 Å². The summed E-state index contributed by atoms with van der Waals surface area (Å²) in [7, 11) is 1.64. The standard InChI is InChI=1S/C25H29N3O2S/c1-18(15-19-7-4-3-5-8-19)16-28-13-10-20(17-28)22-21-9-6-11-27-25(21)31-23(22)24(29)26-12-14-30-2/h3-9,11,15,20H,10,12-14,16-17H2,1-2H3,(H,26,29)/b18-15+/t20-/m1/s1. The molecule has 1 aliphatic heterocycles. The van der Waals surface area contributed by atoms with Gasteiger partial charge in [0.2, 0.25) is 0 Å². The van der Waals surface area contributed by atoms with Gasteiger partial charge in [0, 0.05) is 44.2 Å². The number of aromatic nitrogens is 1. The van der Waals surface area contributed by atoms with E-state index in [1.54, 1.807) is 13.3 Å². The summed E-state index contributed by atoms with van der Waals surface area (Å²) >= 11 is 1.50. The quantitative estimate of drug-likeness (QED) is 0.527. The van der Waals surface area contributed by atoms with Crippen molar-refractivity contribution in [2.45, 2.75) is 19.3 Å². The average molecular weight is 436 g/mol. The largest absolute Gasteiger partial charge is 0.383 e. The molecule has 1 aromatic carbocycles. The first-order chi connectivity index (χ1) is 15.2. The Hall–Kier alpha value is -2.54. The van der Waals surface area contributed by atoms with E-state index in [9.17, 15) is 4.79 Å². The van der Waals surface area contributed by atoms with Crippen molar-refractivity contribution < 1.29 is 9.53 Å². The first kappa shape index (κ1) is 21.7. The second-order valence-corrected chi connectivity index (χ2v) is 9.07. The van der Waals surface area contributed by atoms with Crippen LogP contribution in [0.3, 0.4) is 0 Å². The average Bonchev–Trinajstić information content (AvgIpc) is 3.38. The molecule has 1 aliphatic rings. The monoisotopic (exact) mass is 435 g/mol. The van der Waals surface area contributed by atoms with E-state index in [1.807, 2.05) is 12.1 Å². The molecule has 5 nitrogen and oxygen atoms in total. The molecule has 2 aromatic heterocycles. The van der Waals surface area contributed by atoms with Crippen LogP contribution in [0.1, 0.15) is 40.1 Å². The van der Waals surface area contributed by atoms with Crippen molar-refractivity contribution in [1.82, 2.24) is 15.2 Å². The first-order valence-electron chi connectivity index (χ1n) is 10.7. The molecule has 6 heteroatoms. The molecule has 0 radical (unpaired) electrons. The predicted octanol–water partition coefficient (Wildman–Crippen LogP) is 4.57. The van der Waals surface area contributed by atoms with Gasteiger partial charge >= 0.3 is 0 Å². The molecule has 3 heterocycles. The number of pyridine rings is 1. The number of thiophene rings is 1. The lowest BCUT2D eigenvalue weighted by molar-refractivity contribution is 0.0940. The van der Waals surface area contributed by atoms with Crippen LogP contribution in [0, 0.1) is 0 Å². The van der Waals surface area contributed by atoms with E-state index in [0.717, 1.165) is 46.7 Å². The van der Waals surface area contributed by atoms with Crippen molar-refractivity contribution in [2.75, 3.05) is 39.9 Å². The Labute approximate surface area is 187 Å². The lowest BCUT2D eigenvalue weighted by Gasteiger charge is -2.17. The molecule has 4 rings (SSSR count). The number of likely N-dealkylation sites (tertiary alicyclic amines) is 1. The number of amides is 1. The third kappa shape index (κ3) is 5.21. The van der Waals surface area contributed by atoms with Gasteiger partial charge in [-0.2, -0.15) is 0 Å². The molecule has 31 heavy (non-hydrogen) atoms. The number of fused-ring (bicyclic) bond motifs is 1. The highest BCUT2D eigenvalue weighted by Gasteiger charge is 2.30. The number of carbonyl (C=O) groups is 1. The molecule has 0 spiro atoms. The van der Waals surface area contributed by atoms with E-state index < -0.39 is 0 Å². The Bertz CT molecular complexity index is 1060. The number of benzene rings is 1. The minimum absolute atomic E-state index is 0.0198. The minimum Gasteiger partial charge on any atom is -0.383 e. The Morgan fingerprint density at radius 3 is 2.94 bits per heavy atom. The summed E-state index contributed by atoms with van der Waals surface area (Å²) in [5.74, 6) is 0.319. The Morgan fingerprint density at radius 2 is 2.13 bits per heavy atom. The number of hydrogen-bond acceptors (Lipinski definition) is 5. The summed E-state index contributed by atoms with van der Waals surface area (Å²) in [6.07, 6.45) is 5.11. The molecule has 1 fully saturated rings. The fourth-order valence-electron chi connectivity index (χ4n) is 4.32. The van der Waals surface area contributed by atoms with Crippen molar-refractivity contribution in [3.05, 3.63) is 70.2 Å². The summed E-state index contributed by atoms with van der Waals surface area (Å²) < 4.78 is 5.08. The zero-order chi connectivity index (χ0) is 21.6. The second-order valence-electron chi connectivity index (χ2n) is 8.07. The Kier molecular flexibility index (Phi) is 7.12. The number of nitrogens with one attached hydrogen (secondary N) is 1. The second kappa shape index (κ2) is 10.2. The maximum Gasteiger partial charge on any atom is 0.261 e. The molecule has 0 saturated carbocycles. The van der Waals surface area contributed by atoms with Crippen LogP contribution in [0.15, 0.2) is 54.2 Å². The van der Waals surface area contributed by atoms with Gasteiger partial charge in [-0.15, -0.1) is 11.3 Å². The highest BCUT2D eigenvalue weighted by molar-refractivity contribution is 7.20. The SMILES string of the molecule is COCCNC(=O)c1sc2ncccc2c1[C@@H]1CCN(C/C(C)=C/c2ccccc2)C1. The van der Waals surface area contributed by atoms with Crippen LogP contribution in [0.5, 0.6) is 0 Å². The van der Waals surface area contributed by atoms with Gasteiger partial charge in [0.25, 0.3) is 5.91 Å². The number of hydrogen-bond donors (Lipinski definition) is 1. The smallest absolute Gasteiger partial charge is 0.261 e. The van der Waals surface area contributed by atoms with Crippen LogP contribution in [0.2, 0.25) is 0 Å². The summed E-state index contributed by atoms with van der Waals surface area (Å²) in [6, 6.07) is 14.5. The van der Waals surface area contributed by atoms with Gasteiger partial charge in [0.1, 0.15) is 4.83 Å². The summed E-state index contributed by atoms with van der Waals surface area (Å²) in [5.41, 5.74) is 3.75. The zero-order valence-electron chi connectivity index (χ0n) is 18.1. The van der Waals surface area contributed by atoms with Crippen LogP contribution in [0.25, 0.3) is 16.3 Å². The predicted molar refractivity (Wildman–Crippen MR) is 128 cm³/mol. The van der Waals surface area contributed by atoms with Crippen LogP contribution < -0.4 is 5.32 Å². The van der Waals surface area contributed by atoms with E-state index in [1.165, 1.54) is 22.5 Å². The molecule has 1 atom stereocenters. The first-order valence-corrected chi connectivity index (χ1v) is 11.6.